The molecule has 3 rings (SSSR count). The normalized spacial score (nSPS) is 26.8. The van der Waals surface area contributed by atoms with Crippen LogP contribution in [0.5, 0.6) is 0 Å². The maximum absolute atomic E-state index is 6.03. The maximum atomic E-state index is 6.03. The van der Waals surface area contributed by atoms with Gasteiger partial charge in [0.15, 0.2) is 0 Å². The molecule has 0 amide bonds. The molecule has 2 aliphatic rings. The van der Waals surface area contributed by atoms with E-state index in [1.165, 1.54) is 38.0 Å². The van der Waals surface area contributed by atoms with Crippen LogP contribution in [0.25, 0.3) is 0 Å². The van der Waals surface area contributed by atoms with Crippen LogP contribution in [-0.4, -0.2) is 30.6 Å². The van der Waals surface area contributed by atoms with E-state index in [9.17, 15) is 0 Å². The molecule has 1 aromatic carbocycles. The lowest BCUT2D eigenvalue weighted by Gasteiger charge is -2.34. The monoisotopic (exact) mass is 364 g/mol. The summed E-state index contributed by atoms with van der Waals surface area (Å²) in [5.74, 6) is 0.856. The molecule has 2 saturated heterocycles. The van der Waals surface area contributed by atoms with E-state index in [1.807, 2.05) is 6.07 Å². The van der Waals surface area contributed by atoms with Crippen LogP contribution in [0.3, 0.4) is 0 Å². The van der Waals surface area contributed by atoms with Crippen LogP contribution in [0.4, 0.5) is 0 Å². The van der Waals surface area contributed by atoms with Crippen LogP contribution in [0.2, 0.25) is 5.02 Å². The Labute approximate surface area is 134 Å². The van der Waals surface area contributed by atoms with E-state index >= 15 is 0 Å². The van der Waals surface area contributed by atoms with Gasteiger partial charge in [0.05, 0.1) is 5.02 Å². The second kappa shape index (κ2) is 6.77. The van der Waals surface area contributed by atoms with Crippen molar-refractivity contribution in [3.8, 4) is 0 Å². The van der Waals surface area contributed by atoms with Gasteiger partial charge >= 0.3 is 0 Å². The predicted octanol–water partition coefficient (Wildman–Crippen LogP) is 3.71. The van der Waals surface area contributed by atoms with Crippen LogP contribution < -0.4 is 5.32 Å². The number of halogens is 3. The summed E-state index contributed by atoms with van der Waals surface area (Å²) >= 11 is 9.52. The molecule has 2 atom stereocenters. The number of piperidine rings is 1. The zero-order valence-electron chi connectivity index (χ0n) is 10.7. The minimum Gasteiger partial charge on any atom is -0.314 e. The van der Waals surface area contributed by atoms with Crippen molar-refractivity contribution < 1.29 is 0 Å². The minimum atomic E-state index is 0. The van der Waals surface area contributed by atoms with Gasteiger partial charge in [-0.05, 0) is 65.5 Å². The lowest BCUT2D eigenvalue weighted by molar-refractivity contribution is 0.156. The second-order valence-corrected chi connectivity index (χ2v) is 6.64. The van der Waals surface area contributed by atoms with Crippen LogP contribution >= 0.6 is 39.9 Å². The fourth-order valence-corrected chi connectivity index (χ4v) is 3.71. The van der Waals surface area contributed by atoms with Crippen molar-refractivity contribution in [3.05, 3.63) is 33.3 Å². The summed E-state index contributed by atoms with van der Waals surface area (Å²) in [5.41, 5.74) is 1.34. The minimum absolute atomic E-state index is 0. The Kier molecular flexibility index (Phi) is 5.55. The SMILES string of the molecule is Cl.Clc1ccc(CN2CCC3NCCC3C2)cc1Br. The van der Waals surface area contributed by atoms with Gasteiger partial charge in [-0.15, -0.1) is 12.4 Å². The van der Waals surface area contributed by atoms with E-state index in [0.29, 0.717) is 0 Å². The number of nitrogens with one attached hydrogen (secondary N) is 1. The smallest absolute Gasteiger partial charge is 0.0548 e. The van der Waals surface area contributed by atoms with Gasteiger partial charge in [0.2, 0.25) is 0 Å². The fraction of sp³-hybridized carbons (Fsp3) is 0.571. The molecule has 2 aliphatic heterocycles. The zero-order valence-corrected chi connectivity index (χ0v) is 13.9. The predicted molar refractivity (Wildman–Crippen MR) is 86.2 cm³/mol. The van der Waals surface area contributed by atoms with Gasteiger partial charge in [0.1, 0.15) is 0 Å². The van der Waals surface area contributed by atoms with Gasteiger partial charge in [-0.25, -0.2) is 0 Å². The molecule has 1 N–H and O–H groups in total. The van der Waals surface area contributed by atoms with E-state index in [1.54, 1.807) is 0 Å². The largest absolute Gasteiger partial charge is 0.314 e. The third-order valence-corrected chi connectivity index (χ3v) is 5.34. The number of hydrogen-bond donors (Lipinski definition) is 1. The first kappa shape index (κ1) is 15.6. The molecule has 0 aromatic heterocycles. The highest BCUT2D eigenvalue weighted by Gasteiger charge is 2.32. The van der Waals surface area contributed by atoms with Crippen LogP contribution in [0.15, 0.2) is 22.7 Å². The molecule has 1 aromatic rings. The maximum Gasteiger partial charge on any atom is 0.0548 e. The molecule has 2 nitrogen and oxygen atoms in total. The summed E-state index contributed by atoms with van der Waals surface area (Å²) in [6.45, 7) is 4.68. The number of likely N-dealkylation sites (tertiary alicyclic amines) is 1. The topological polar surface area (TPSA) is 15.3 Å². The first-order valence-corrected chi connectivity index (χ1v) is 7.79. The number of fused-ring (bicyclic) bond motifs is 1. The first-order valence-electron chi connectivity index (χ1n) is 6.62. The van der Waals surface area contributed by atoms with Crippen LogP contribution in [0.1, 0.15) is 18.4 Å². The van der Waals surface area contributed by atoms with Crippen LogP contribution in [-0.2, 0) is 6.54 Å². The quantitative estimate of drug-likeness (QED) is 0.859. The number of rotatable bonds is 2. The second-order valence-electron chi connectivity index (χ2n) is 5.38. The summed E-state index contributed by atoms with van der Waals surface area (Å²) < 4.78 is 0.999. The Bertz CT molecular complexity index is 441. The highest BCUT2D eigenvalue weighted by Crippen LogP contribution is 2.27. The van der Waals surface area contributed by atoms with E-state index in [2.05, 4.69) is 38.3 Å². The van der Waals surface area contributed by atoms with Gasteiger partial charge in [-0.2, -0.15) is 0 Å². The Hall–Kier alpha value is 0.200. The molecule has 2 fully saturated rings. The Morgan fingerprint density at radius 3 is 3.00 bits per heavy atom. The molecule has 0 spiro atoms. The third kappa shape index (κ3) is 3.64. The number of nitrogens with zero attached hydrogens (tertiary/aromatic N) is 1. The molecule has 5 heteroatoms. The summed E-state index contributed by atoms with van der Waals surface area (Å²) in [7, 11) is 0. The summed E-state index contributed by atoms with van der Waals surface area (Å²) in [6, 6.07) is 7.02. The van der Waals surface area contributed by atoms with Crippen LogP contribution in [0, 0.1) is 5.92 Å². The first-order chi connectivity index (χ1) is 8.72. The Morgan fingerprint density at radius 2 is 2.21 bits per heavy atom. The Balaban J connectivity index is 0.00000133. The average molecular weight is 366 g/mol. The molecular weight excluding hydrogens is 347 g/mol. The van der Waals surface area contributed by atoms with Crippen molar-refractivity contribution in [1.29, 1.82) is 0 Å². The van der Waals surface area contributed by atoms with Crippen molar-refractivity contribution in [3.63, 3.8) is 0 Å². The molecule has 106 valence electrons. The lowest BCUT2D eigenvalue weighted by atomic mass is 9.93. The van der Waals surface area contributed by atoms with E-state index in [-0.39, 0.29) is 12.4 Å². The average Bonchev–Trinajstić information content (AvgIpc) is 2.81. The van der Waals surface area contributed by atoms with Gasteiger partial charge in [0, 0.05) is 23.6 Å². The fourth-order valence-electron chi connectivity index (χ4n) is 3.16. The molecule has 0 saturated carbocycles. The van der Waals surface area contributed by atoms with Crippen molar-refractivity contribution >= 4 is 39.9 Å². The number of benzene rings is 1. The summed E-state index contributed by atoms with van der Waals surface area (Å²) in [5, 5.41) is 4.40. The van der Waals surface area contributed by atoms with E-state index in [4.69, 9.17) is 11.6 Å². The molecule has 0 radical (unpaired) electrons. The molecule has 19 heavy (non-hydrogen) atoms. The number of hydrogen-bond acceptors (Lipinski definition) is 2. The van der Waals surface area contributed by atoms with Crippen molar-refractivity contribution in [1.82, 2.24) is 10.2 Å². The highest BCUT2D eigenvalue weighted by atomic mass is 79.9. The van der Waals surface area contributed by atoms with Crippen molar-refractivity contribution in [2.75, 3.05) is 19.6 Å². The molecule has 0 bridgehead atoms. The zero-order chi connectivity index (χ0) is 12.5. The van der Waals surface area contributed by atoms with Gasteiger partial charge < -0.3 is 5.32 Å². The van der Waals surface area contributed by atoms with Gasteiger partial charge in [0.25, 0.3) is 0 Å². The van der Waals surface area contributed by atoms with Gasteiger partial charge in [-0.3, -0.25) is 4.90 Å². The van der Waals surface area contributed by atoms with Gasteiger partial charge in [-0.1, -0.05) is 17.7 Å². The molecule has 2 heterocycles. The standard InChI is InChI=1S/C14H18BrClN2.ClH/c15-12-7-10(1-2-13(12)16)8-18-6-4-14-11(9-18)3-5-17-14;/h1-2,7,11,14,17H,3-6,8-9H2;1H. The van der Waals surface area contributed by atoms with Crippen molar-refractivity contribution in [2.24, 2.45) is 5.92 Å². The summed E-state index contributed by atoms with van der Waals surface area (Å²) in [6.07, 6.45) is 2.63. The van der Waals surface area contributed by atoms with E-state index < -0.39 is 0 Å². The highest BCUT2D eigenvalue weighted by molar-refractivity contribution is 9.10. The van der Waals surface area contributed by atoms with Crippen molar-refractivity contribution in [2.45, 2.75) is 25.4 Å². The Morgan fingerprint density at radius 1 is 1.37 bits per heavy atom. The molecule has 0 aliphatic carbocycles. The third-order valence-electron chi connectivity index (χ3n) is 4.13. The molecule has 2 unspecified atom stereocenters. The summed E-state index contributed by atoms with van der Waals surface area (Å²) in [4.78, 5) is 2.57. The molecular formula is C14H19BrCl2N2. The van der Waals surface area contributed by atoms with E-state index in [0.717, 1.165) is 28.0 Å². The lowest BCUT2D eigenvalue weighted by Crippen LogP contribution is -2.43.